The molecule has 0 aliphatic rings. The van der Waals surface area contributed by atoms with Gasteiger partial charge < -0.3 is 21.9 Å². The smallest absolute Gasteiger partial charge is 0.224 e. The van der Waals surface area contributed by atoms with Gasteiger partial charge in [0.25, 0.3) is 0 Å². The lowest BCUT2D eigenvalue weighted by Gasteiger charge is -2.11. The third-order valence-corrected chi connectivity index (χ3v) is 2.94. The molecule has 0 atom stereocenters. The van der Waals surface area contributed by atoms with E-state index in [1.165, 1.54) is 25.0 Å². The molecule has 0 aliphatic carbocycles. The summed E-state index contributed by atoms with van der Waals surface area (Å²) in [4.78, 5) is 11.7. The zero-order valence-electron chi connectivity index (χ0n) is 11.4. The first-order valence-corrected chi connectivity index (χ1v) is 6.72. The van der Waals surface area contributed by atoms with Crippen LogP contribution in [0, 0.1) is 0 Å². The zero-order chi connectivity index (χ0) is 14.3. The maximum atomic E-state index is 11.7. The Kier molecular flexibility index (Phi) is 5.99. The first-order valence-electron chi connectivity index (χ1n) is 6.72. The molecule has 0 bridgehead atoms. The predicted molar refractivity (Wildman–Crippen MR) is 78.9 cm³/mol. The fourth-order valence-electron chi connectivity index (χ4n) is 1.90. The van der Waals surface area contributed by atoms with Crippen molar-refractivity contribution in [3.8, 4) is 5.75 Å². The van der Waals surface area contributed by atoms with Crippen LogP contribution in [0.3, 0.4) is 0 Å². The molecule has 0 saturated carbocycles. The van der Waals surface area contributed by atoms with Crippen LogP contribution >= 0.6 is 0 Å². The van der Waals surface area contributed by atoms with Gasteiger partial charge in [0.1, 0.15) is 11.4 Å². The molecular weight excluding hydrogens is 242 g/mol. The van der Waals surface area contributed by atoms with Gasteiger partial charge in [-0.15, -0.1) is 0 Å². The predicted octanol–water partition coefficient (Wildman–Crippen LogP) is 2.86. The van der Waals surface area contributed by atoms with Gasteiger partial charge in [0, 0.05) is 18.2 Å². The highest BCUT2D eigenvalue weighted by Gasteiger charge is 2.10. The van der Waals surface area contributed by atoms with Crippen LogP contribution in [0.2, 0.25) is 0 Å². The largest absolute Gasteiger partial charge is 0.506 e. The van der Waals surface area contributed by atoms with Crippen molar-refractivity contribution in [2.45, 2.75) is 45.4 Å². The normalized spacial score (nSPS) is 10.4. The molecule has 6 N–H and O–H groups in total. The fourth-order valence-corrected chi connectivity index (χ4v) is 1.90. The van der Waals surface area contributed by atoms with Crippen LogP contribution in [0.25, 0.3) is 0 Å². The molecular formula is C14H23N3O2. The number of benzene rings is 1. The number of nitrogen functional groups attached to an aromatic ring is 2. The van der Waals surface area contributed by atoms with Gasteiger partial charge in [0.2, 0.25) is 5.91 Å². The third kappa shape index (κ3) is 5.07. The Morgan fingerprint density at radius 1 is 1.21 bits per heavy atom. The van der Waals surface area contributed by atoms with Gasteiger partial charge in [-0.1, -0.05) is 32.6 Å². The second-order valence-electron chi connectivity index (χ2n) is 4.72. The highest BCUT2D eigenvalue weighted by atomic mass is 16.3. The molecule has 1 amide bonds. The molecule has 1 aromatic rings. The number of nitrogens with one attached hydrogen (secondary N) is 1. The fraction of sp³-hybridized carbons (Fsp3) is 0.500. The first-order chi connectivity index (χ1) is 9.04. The lowest BCUT2D eigenvalue weighted by Crippen LogP contribution is -2.13. The molecule has 106 valence electrons. The highest BCUT2D eigenvalue weighted by molar-refractivity contribution is 5.96. The van der Waals surface area contributed by atoms with Crippen molar-refractivity contribution in [1.82, 2.24) is 0 Å². The number of phenols is 1. The molecule has 0 unspecified atom stereocenters. The van der Waals surface area contributed by atoms with Crippen LogP contribution in [-0.2, 0) is 4.79 Å². The summed E-state index contributed by atoms with van der Waals surface area (Å²) in [5.41, 5.74) is 12.1. The van der Waals surface area contributed by atoms with E-state index in [0.29, 0.717) is 12.1 Å². The minimum Gasteiger partial charge on any atom is -0.506 e. The van der Waals surface area contributed by atoms with E-state index in [1.807, 2.05) is 0 Å². The average molecular weight is 265 g/mol. The van der Waals surface area contributed by atoms with Gasteiger partial charge in [-0.25, -0.2) is 0 Å². The maximum absolute atomic E-state index is 11.7. The number of unbranched alkanes of at least 4 members (excludes halogenated alkanes) is 4. The van der Waals surface area contributed by atoms with Crippen LogP contribution in [0.15, 0.2) is 12.1 Å². The number of aromatic hydroxyl groups is 1. The van der Waals surface area contributed by atoms with E-state index < -0.39 is 0 Å². The van der Waals surface area contributed by atoms with E-state index in [-0.39, 0.29) is 23.0 Å². The summed E-state index contributed by atoms with van der Waals surface area (Å²) in [6, 6.07) is 2.88. The second-order valence-corrected chi connectivity index (χ2v) is 4.72. The summed E-state index contributed by atoms with van der Waals surface area (Å²) in [5, 5.41) is 12.3. The average Bonchev–Trinajstić information content (AvgIpc) is 2.33. The monoisotopic (exact) mass is 265 g/mol. The number of amides is 1. The van der Waals surface area contributed by atoms with E-state index in [9.17, 15) is 9.90 Å². The Morgan fingerprint density at radius 2 is 1.89 bits per heavy atom. The molecule has 0 radical (unpaired) electrons. The van der Waals surface area contributed by atoms with Crippen LogP contribution in [0.1, 0.15) is 45.4 Å². The van der Waals surface area contributed by atoms with Crippen LogP contribution in [-0.4, -0.2) is 11.0 Å². The maximum Gasteiger partial charge on any atom is 0.224 e. The van der Waals surface area contributed by atoms with Gasteiger partial charge in [-0.2, -0.15) is 0 Å². The Balaban J connectivity index is 2.44. The number of hydrogen-bond donors (Lipinski definition) is 4. The van der Waals surface area contributed by atoms with Gasteiger partial charge in [0.15, 0.2) is 0 Å². The van der Waals surface area contributed by atoms with E-state index in [2.05, 4.69) is 12.2 Å². The molecule has 0 saturated heterocycles. The molecule has 1 rings (SSSR count). The minimum absolute atomic E-state index is 0.100. The number of anilines is 3. The van der Waals surface area contributed by atoms with Crippen LogP contribution in [0.5, 0.6) is 5.75 Å². The van der Waals surface area contributed by atoms with E-state index in [1.54, 1.807) is 0 Å². The number of phenolic OH excluding ortho intramolecular Hbond substituents is 1. The lowest BCUT2D eigenvalue weighted by atomic mass is 10.1. The van der Waals surface area contributed by atoms with Crippen LogP contribution < -0.4 is 16.8 Å². The molecule has 5 heteroatoms. The van der Waals surface area contributed by atoms with Crippen molar-refractivity contribution in [2.75, 3.05) is 16.8 Å². The number of hydrogen-bond acceptors (Lipinski definition) is 4. The quantitative estimate of drug-likeness (QED) is 0.346. The molecule has 1 aromatic carbocycles. The summed E-state index contributed by atoms with van der Waals surface area (Å²) in [5.74, 6) is -0.236. The molecule has 19 heavy (non-hydrogen) atoms. The Morgan fingerprint density at radius 3 is 2.53 bits per heavy atom. The minimum atomic E-state index is -0.136. The van der Waals surface area contributed by atoms with Crippen molar-refractivity contribution in [1.29, 1.82) is 0 Å². The van der Waals surface area contributed by atoms with Gasteiger partial charge >= 0.3 is 0 Å². The Hall–Kier alpha value is -1.91. The van der Waals surface area contributed by atoms with Crippen LogP contribution in [0.4, 0.5) is 17.1 Å². The lowest BCUT2D eigenvalue weighted by molar-refractivity contribution is -0.116. The number of nitrogens with two attached hydrogens (primary N) is 2. The summed E-state index contributed by atoms with van der Waals surface area (Å²) >= 11 is 0. The SMILES string of the molecule is CCCCCCCC(=O)Nc1c(N)cc(N)cc1O. The summed E-state index contributed by atoms with van der Waals surface area (Å²) in [6.07, 6.45) is 5.87. The van der Waals surface area contributed by atoms with Crippen molar-refractivity contribution >= 4 is 23.0 Å². The molecule has 0 fully saturated rings. The zero-order valence-corrected chi connectivity index (χ0v) is 11.4. The molecule has 0 spiro atoms. The molecule has 0 aromatic heterocycles. The van der Waals surface area contributed by atoms with Gasteiger partial charge in [-0.3, -0.25) is 4.79 Å². The van der Waals surface area contributed by atoms with E-state index >= 15 is 0 Å². The van der Waals surface area contributed by atoms with E-state index in [4.69, 9.17) is 11.5 Å². The summed E-state index contributed by atoms with van der Waals surface area (Å²) in [7, 11) is 0. The molecule has 0 heterocycles. The van der Waals surface area contributed by atoms with Gasteiger partial charge in [0.05, 0.1) is 5.69 Å². The topological polar surface area (TPSA) is 101 Å². The Bertz CT molecular complexity index is 410. The first kappa shape index (κ1) is 15.1. The summed E-state index contributed by atoms with van der Waals surface area (Å²) in [6.45, 7) is 2.15. The number of carbonyl (C=O) groups is 1. The highest BCUT2D eigenvalue weighted by Crippen LogP contribution is 2.32. The number of carbonyl (C=O) groups excluding carboxylic acids is 1. The Labute approximate surface area is 114 Å². The second kappa shape index (κ2) is 7.51. The van der Waals surface area contributed by atoms with Crippen molar-refractivity contribution < 1.29 is 9.90 Å². The number of rotatable bonds is 7. The molecule has 5 nitrogen and oxygen atoms in total. The summed E-state index contributed by atoms with van der Waals surface area (Å²) < 4.78 is 0. The molecule has 0 aliphatic heterocycles. The standard InChI is InChI=1S/C14H23N3O2/c1-2-3-4-5-6-7-13(19)17-14-11(16)8-10(15)9-12(14)18/h8-9,18H,2-7,15-16H2,1H3,(H,17,19). The van der Waals surface area contributed by atoms with E-state index in [0.717, 1.165) is 19.3 Å². The van der Waals surface area contributed by atoms with Gasteiger partial charge in [-0.05, 0) is 12.5 Å². The van der Waals surface area contributed by atoms with Crippen molar-refractivity contribution in [3.63, 3.8) is 0 Å². The van der Waals surface area contributed by atoms with Crippen molar-refractivity contribution in [2.24, 2.45) is 0 Å². The third-order valence-electron chi connectivity index (χ3n) is 2.94. The van der Waals surface area contributed by atoms with Crippen molar-refractivity contribution in [3.05, 3.63) is 12.1 Å².